The number of amides is 1. The number of aromatic nitrogens is 3. The Bertz CT molecular complexity index is 1270. The molecule has 0 aliphatic carbocycles. The molecule has 2 aromatic heterocycles. The third-order valence-corrected chi connectivity index (χ3v) is 6.26. The van der Waals surface area contributed by atoms with Gasteiger partial charge in [-0.1, -0.05) is 23.9 Å². The van der Waals surface area contributed by atoms with Crippen molar-refractivity contribution in [3.05, 3.63) is 47.8 Å². The van der Waals surface area contributed by atoms with Crippen LogP contribution >= 0.6 is 11.8 Å². The van der Waals surface area contributed by atoms with Crippen LogP contribution < -0.4 is 4.74 Å². The minimum Gasteiger partial charge on any atom is -0.484 e. The molecule has 0 saturated carbocycles. The van der Waals surface area contributed by atoms with E-state index in [1.807, 2.05) is 0 Å². The van der Waals surface area contributed by atoms with Crippen LogP contribution in [0.4, 0.5) is 18.0 Å². The summed E-state index contributed by atoms with van der Waals surface area (Å²) >= 11 is 1.23. The number of esters is 1. The van der Waals surface area contributed by atoms with E-state index in [1.54, 1.807) is 59.0 Å². The minimum atomic E-state index is -4.45. The van der Waals surface area contributed by atoms with E-state index in [2.05, 4.69) is 9.97 Å². The van der Waals surface area contributed by atoms with Crippen molar-refractivity contribution in [1.29, 1.82) is 0 Å². The van der Waals surface area contributed by atoms with Gasteiger partial charge in [0.2, 0.25) is 0 Å². The quantitative estimate of drug-likeness (QED) is 0.278. The number of benzene rings is 1. The van der Waals surface area contributed by atoms with Crippen LogP contribution in [0.1, 0.15) is 32.0 Å². The van der Waals surface area contributed by atoms with Crippen molar-refractivity contribution in [2.24, 2.45) is 5.41 Å². The maximum absolute atomic E-state index is 13.4. The molecule has 3 rings (SSSR count). The molecule has 0 radical (unpaired) electrons. The summed E-state index contributed by atoms with van der Waals surface area (Å²) in [6.07, 6.45) is -3.07. The largest absolute Gasteiger partial charge is 0.484 e. The number of hydrogen-bond acceptors (Lipinski definition) is 7. The molecule has 0 N–H and O–H groups in total. The Morgan fingerprint density at radius 3 is 2.51 bits per heavy atom. The number of carbonyl (C=O) groups excluding carboxylic acids is 2. The van der Waals surface area contributed by atoms with E-state index in [9.17, 15) is 22.8 Å². The summed E-state index contributed by atoms with van der Waals surface area (Å²) in [4.78, 5) is 35.7. The van der Waals surface area contributed by atoms with Crippen molar-refractivity contribution in [3.8, 4) is 5.75 Å². The standard InChI is InChI=1S/C25H29F3N4O4S/c1-16-18(29-11-10-20(16)36-15-25(26,27)28)14-37-22-30-17-8-6-7-9-19(17)32(22)23(34)31(5)12-13-35-21(33)24(2,3)4/h6-11H,12-15H2,1-5H3. The molecule has 1 aromatic carbocycles. The minimum absolute atomic E-state index is 0.0429. The molecule has 0 bridgehead atoms. The van der Waals surface area contributed by atoms with Crippen molar-refractivity contribution in [3.63, 3.8) is 0 Å². The Morgan fingerprint density at radius 2 is 1.84 bits per heavy atom. The van der Waals surface area contributed by atoms with Crippen molar-refractivity contribution < 1.29 is 32.2 Å². The van der Waals surface area contributed by atoms with Gasteiger partial charge in [-0.05, 0) is 45.9 Å². The number of hydrogen-bond donors (Lipinski definition) is 0. The molecule has 0 spiro atoms. The molecule has 1 amide bonds. The molecule has 0 saturated heterocycles. The van der Waals surface area contributed by atoms with Crippen LogP contribution in [-0.4, -0.2) is 64.4 Å². The number of alkyl halides is 3. The second-order valence-corrected chi connectivity index (χ2v) is 10.3. The van der Waals surface area contributed by atoms with Gasteiger partial charge in [-0.2, -0.15) is 13.2 Å². The van der Waals surface area contributed by atoms with Crippen molar-refractivity contribution in [2.75, 3.05) is 26.8 Å². The van der Waals surface area contributed by atoms with E-state index in [-0.39, 0.29) is 36.7 Å². The number of pyridine rings is 1. The molecule has 8 nitrogen and oxygen atoms in total. The fourth-order valence-corrected chi connectivity index (χ4v) is 4.22. The third-order valence-electron chi connectivity index (χ3n) is 5.31. The van der Waals surface area contributed by atoms with Crippen LogP contribution in [0.3, 0.4) is 0 Å². The molecular formula is C25H29F3N4O4S. The molecular weight excluding hydrogens is 509 g/mol. The molecule has 0 unspecified atom stereocenters. The number of carbonyl (C=O) groups is 2. The lowest BCUT2D eigenvalue weighted by atomic mass is 9.97. The van der Waals surface area contributed by atoms with Crippen LogP contribution in [-0.2, 0) is 15.3 Å². The number of likely N-dealkylation sites (N-methyl/N-ethyl adjacent to an activating group) is 1. The summed E-state index contributed by atoms with van der Waals surface area (Å²) in [6, 6.07) is 8.17. The van der Waals surface area contributed by atoms with E-state index in [1.165, 1.54) is 33.5 Å². The SMILES string of the molecule is Cc1c(OCC(F)(F)F)ccnc1CSc1nc2ccccc2n1C(=O)N(C)CCOC(=O)C(C)(C)C. The molecule has 0 fully saturated rings. The molecule has 3 aromatic rings. The lowest BCUT2D eigenvalue weighted by Crippen LogP contribution is -2.35. The number of imidazole rings is 1. The number of nitrogens with zero attached hydrogens (tertiary/aromatic N) is 4. The predicted molar refractivity (Wildman–Crippen MR) is 134 cm³/mol. The lowest BCUT2D eigenvalue weighted by molar-refractivity contribution is -0.154. The highest BCUT2D eigenvalue weighted by Crippen LogP contribution is 2.30. The molecule has 200 valence electrons. The monoisotopic (exact) mass is 538 g/mol. The van der Waals surface area contributed by atoms with Gasteiger partial charge in [-0.15, -0.1) is 0 Å². The first-order valence-corrected chi connectivity index (χ1v) is 12.4. The van der Waals surface area contributed by atoms with Crippen LogP contribution in [0.2, 0.25) is 0 Å². The number of ether oxygens (including phenoxy) is 2. The van der Waals surface area contributed by atoms with Crippen LogP contribution in [0.15, 0.2) is 41.7 Å². The highest BCUT2D eigenvalue weighted by molar-refractivity contribution is 7.98. The molecule has 0 atom stereocenters. The Labute approximate surface area is 217 Å². The van der Waals surface area contributed by atoms with Gasteiger partial charge >= 0.3 is 18.2 Å². The highest BCUT2D eigenvalue weighted by atomic mass is 32.2. The summed E-state index contributed by atoms with van der Waals surface area (Å²) in [5.41, 5.74) is 1.55. The number of para-hydroxylation sites is 2. The van der Waals surface area contributed by atoms with Gasteiger partial charge in [0, 0.05) is 24.6 Å². The Hall–Kier alpha value is -3.28. The van der Waals surface area contributed by atoms with Gasteiger partial charge in [-0.25, -0.2) is 14.3 Å². The van der Waals surface area contributed by atoms with Gasteiger partial charge in [0.05, 0.1) is 28.7 Å². The third kappa shape index (κ3) is 7.37. The zero-order valence-corrected chi connectivity index (χ0v) is 22.1. The Morgan fingerprint density at radius 1 is 1.14 bits per heavy atom. The van der Waals surface area contributed by atoms with Crippen molar-refractivity contribution in [1.82, 2.24) is 19.4 Å². The first-order valence-electron chi connectivity index (χ1n) is 11.4. The second-order valence-electron chi connectivity index (χ2n) is 9.38. The lowest BCUT2D eigenvalue weighted by Gasteiger charge is -2.21. The van der Waals surface area contributed by atoms with Crippen LogP contribution in [0, 0.1) is 12.3 Å². The fourth-order valence-electron chi connectivity index (χ4n) is 3.20. The summed E-state index contributed by atoms with van der Waals surface area (Å²) in [5.74, 6) is -0.0162. The molecule has 2 heterocycles. The average molecular weight is 539 g/mol. The number of fused-ring (bicyclic) bond motifs is 1. The van der Waals surface area contributed by atoms with Gasteiger partial charge < -0.3 is 14.4 Å². The summed E-state index contributed by atoms with van der Waals surface area (Å²) < 4.78 is 49.4. The van der Waals surface area contributed by atoms with Gasteiger partial charge in [0.15, 0.2) is 11.8 Å². The van der Waals surface area contributed by atoms with Gasteiger partial charge in [-0.3, -0.25) is 9.78 Å². The maximum Gasteiger partial charge on any atom is 0.422 e. The van der Waals surface area contributed by atoms with E-state index >= 15 is 0 Å². The second kappa shape index (κ2) is 11.4. The molecule has 0 aliphatic heterocycles. The zero-order chi connectivity index (χ0) is 27.4. The highest BCUT2D eigenvalue weighted by Gasteiger charge is 2.29. The van der Waals surface area contributed by atoms with Gasteiger partial charge in [0.25, 0.3) is 0 Å². The average Bonchev–Trinajstić information content (AvgIpc) is 3.19. The van der Waals surface area contributed by atoms with E-state index < -0.39 is 18.2 Å². The predicted octanol–water partition coefficient (Wildman–Crippen LogP) is 5.46. The molecule has 12 heteroatoms. The Kier molecular flexibility index (Phi) is 8.72. The van der Waals surface area contributed by atoms with Crippen molar-refractivity contribution in [2.45, 2.75) is 44.8 Å². The first-order chi connectivity index (χ1) is 17.3. The fraction of sp³-hybridized carbons (Fsp3) is 0.440. The molecule has 0 aliphatic rings. The number of thioether (sulfide) groups is 1. The van der Waals surface area contributed by atoms with E-state index in [0.717, 1.165) is 0 Å². The Balaban J connectivity index is 1.78. The normalized spacial score (nSPS) is 12.0. The number of halogens is 3. The van der Waals surface area contributed by atoms with Crippen LogP contribution in [0.5, 0.6) is 5.75 Å². The van der Waals surface area contributed by atoms with E-state index in [0.29, 0.717) is 27.4 Å². The topological polar surface area (TPSA) is 86.6 Å². The summed E-state index contributed by atoms with van der Waals surface area (Å²) in [6.45, 7) is 5.71. The summed E-state index contributed by atoms with van der Waals surface area (Å²) in [7, 11) is 1.60. The van der Waals surface area contributed by atoms with E-state index in [4.69, 9.17) is 9.47 Å². The number of rotatable bonds is 8. The van der Waals surface area contributed by atoms with Crippen LogP contribution in [0.25, 0.3) is 11.0 Å². The van der Waals surface area contributed by atoms with Gasteiger partial charge in [0.1, 0.15) is 12.4 Å². The molecule has 37 heavy (non-hydrogen) atoms. The maximum atomic E-state index is 13.4. The zero-order valence-electron chi connectivity index (χ0n) is 21.3. The summed E-state index contributed by atoms with van der Waals surface area (Å²) in [5, 5.41) is 0.396. The smallest absolute Gasteiger partial charge is 0.422 e. The first kappa shape index (κ1) is 28.3. The van der Waals surface area contributed by atoms with Crippen molar-refractivity contribution >= 4 is 34.8 Å².